The fourth-order valence-electron chi connectivity index (χ4n) is 4.04. The molecule has 1 atom stereocenters. The van der Waals surface area contributed by atoms with Crippen molar-refractivity contribution in [1.29, 1.82) is 0 Å². The number of carbonyl (C=O) groups is 1. The number of hydrogen-bond acceptors (Lipinski definition) is 4. The highest BCUT2D eigenvalue weighted by molar-refractivity contribution is 7.17. The van der Waals surface area contributed by atoms with E-state index >= 15 is 0 Å². The normalized spacial score (nSPS) is 12.1. The SMILES string of the molecule is CCc1ccc(NC(=O)C(CC)n2cnc3scc(-c4ccc(C)cc4C)c3c2=O)cc1. The summed E-state index contributed by atoms with van der Waals surface area (Å²) in [4.78, 5) is 31.8. The van der Waals surface area contributed by atoms with Gasteiger partial charge < -0.3 is 5.32 Å². The van der Waals surface area contributed by atoms with E-state index in [1.165, 1.54) is 33.4 Å². The molecule has 0 fully saturated rings. The third kappa shape index (κ3) is 4.10. The second kappa shape index (κ2) is 9.09. The minimum atomic E-state index is -0.642. The molecule has 2 aromatic heterocycles. The number of fused-ring (bicyclic) bond motifs is 1. The van der Waals surface area contributed by atoms with Gasteiger partial charge in [-0.3, -0.25) is 14.2 Å². The van der Waals surface area contributed by atoms with E-state index in [0.29, 0.717) is 16.6 Å². The van der Waals surface area contributed by atoms with Crippen molar-refractivity contribution < 1.29 is 4.79 Å². The monoisotopic (exact) mass is 445 g/mol. The number of nitrogens with one attached hydrogen (secondary N) is 1. The standard InChI is InChI=1S/C26H27N3O2S/c1-5-18-8-10-19(11-9-18)28-24(30)22(6-2)29-15-27-25-23(26(29)31)21(14-32-25)20-12-7-16(3)13-17(20)4/h7-15,22H,5-6H2,1-4H3,(H,28,30). The van der Waals surface area contributed by atoms with E-state index in [0.717, 1.165) is 28.8 Å². The van der Waals surface area contributed by atoms with Crippen LogP contribution in [0.3, 0.4) is 0 Å². The molecular weight excluding hydrogens is 418 g/mol. The molecule has 0 saturated carbocycles. The minimum absolute atomic E-state index is 0.186. The number of aryl methyl sites for hydroxylation is 3. The minimum Gasteiger partial charge on any atom is -0.324 e. The quantitative estimate of drug-likeness (QED) is 0.402. The number of benzene rings is 2. The Hall–Kier alpha value is -3.25. The number of amides is 1. The highest BCUT2D eigenvalue weighted by Crippen LogP contribution is 2.33. The predicted octanol–water partition coefficient (Wildman–Crippen LogP) is 5.89. The smallest absolute Gasteiger partial charge is 0.263 e. The molecule has 1 amide bonds. The second-order valence-electron chi connectivity index (χ2n) is 8.07. The second-order valence-corrected chi connectivity index (χ2v) is 8.93. The predicted molar refractivity (Wildman–Crippen MR) is 133 cm³/mol. The van der Waals surface area contributed by atoms with Gasteiger partial charge in [-0.15, -0.1) is 11.3 Å². The van der Waals surface area contributed by atoms with Gasteiger partial charge in [-0.25, -0.2) is 4.98 Å². The van der Waals surface area contributed by atoms with Crippen molar-refractivity contribution >= 4 is 33.1 Å². The van der Waals surface area contributed by atoms with Gasteiger partial charge in [-0.05, 0) is 55.5 Å². The third-order valence-electron chi connectivity index (χ3n) is 5.85. The Bertz CT molecular complexity index is 1340. The fraction of sp³-hybridized carbons (Fsp3) is 0.269. The summed E-state index contributed by atoms with van der Waals surface area (Å²) in [6.07, 6.45) is 2.92. The zero-order valence-electron chi connectivity index (χ0n) is 18.8. The van der Waals surface area contributed by atoms with Crippen molar-refractivity contribution in [3.05, 3.63) is 81.2 Å². The van der Waals surface area contributed by atoms with Crippen LogP contribution in [0.4, 0.5) is 5.69 Å². The third-order valence-corrected chi connectivity index (χ3v) is 6.73. The number of rotatable bonds is 6. The summed E-state index contributed by atoms with van der Waals surface area (Å²) < 4.78 is 1.47. The van der Waals surface area contributed by atoms with Crippen molar-refractivity contribution in [2.24, 2.45) is 0 Å². The molecule has 2 aromatic carbocycles. The molecule has 164 valence electrons. The highest BCUT2D eigenvalue weighted by atomic mass is 32.1. The summed E-state index contributed by atoms with van der Waals surface area (Å²) in [6.45, 7) is 8.09. The molecule has 1 N–H and O–H groups in total. The first-order valence-corrected chi connectivity index (χ1v) is 11.8. The number of hydrogen-bond donors (Lipinski definition) is 1. The molecule has 6 heteroatoms. The van der Waals surface area contributed by atoms with Gasteiger partial charge in [0.05, 0.1) is 11.7 Å². The molecule has 0 aliphatic heterocycles. The zero-order chi connectivity index (χ0) is 22.8. The van der Waals surface area contributed by atoms with Crippen molar-refractivity contribution in [1.82, 2.24) is 9.55 Å². The van der Waals surface area contributed by atoms with Gasteiger partial charge >= 0.3 is 0 Å². The van der Waals surface area contributed by atoms with Crippen molar-refractivity contribution in [3.8, 4) is 11.1 Å². The van der Waals surface area contributed by atoms with Crippen LogP contribution in [0, 0.1) is 13.8 Å². The van der Waals surface area contributed by atoms with E-state index in [1.54, 1.807) is 0 Å². The molecule has 5 nitrogen and oxygen atoms in total. The average Bonchev–Trinajstić information content (AvgIpc) is 3.21. The van der Waals surface area contributed by atoms with Gasteiger partial charge in [0.15, 0.2) is 0 Å². The molecule has 4 rings (SSSR count). The summed E-state index contributed by atoms with van der Waals surface area (Å²) >= 11 is 1.45. The van der Waals surface area contributed by atoms with E-state index in [9.17, 15) is 9.59 Å². The van der Waals surface area contributed by atoms with E-state index in [4.69, 9.17) is 0 Å². The van der Waals surface area contributed by atoms with E-state index in [-0.39, 0.29) is 11.5 Å². The number of anilines is 1. The Morgan fingerprint density at radius 2 is 1.84 bits per heavy atom. The van der Waals surface area contributed by atoms with Crippen molar-refractivity contribution in [2.75, 3.05) is 5.32 Å². The maximum absolute atomic E-state index is 13.6. The van der Waals surface area contributed by atoms with E-state index in [2.05, 4.69) is 30.2 Å². The molecule has 1 unspecified atom stereocenters. The molecule has 0 saturated heterocycles. The number of nitrogens with zero attached hydrogens (tertiary/aromatic N) is 2. The molecular formula is C26H27N3O2S. The first-order chi connectivity index (χ1) is 15.4. The lowest BCUT2D eigenvalue weighted by atomic mass is 9.99. The fourth-order valence-corrected chi connectivity index (χ4v) is 4.94. The largest absolute Gasteiger partial charge is 0.324 e. The molecule has 0 radical (unpaired) electrons. The van der Waals surface area contributed by atoms with Gasteiger partial charge in [0.25, 0.3) is 5.56 Å². The Morgan fingerprint density at radius 1 is 1.09 bits per heavy atom. The average molecular weight is 446 g/mol. The lowest BCUT2D eigenvalue weighted by Gasteiger charge is -2.18. The summed E-state index contributed by atoms with van der Waals surface area (Å²) in [5, 5.41) is 5.51. The van der Waals surface area contributed by atoms with Crippen LogP contribution < -0.4 is 10.9 Å². The topological polar surface area (TPSA) is 64.0 Å². The van der Waals surface area contributed by atoms with Gasteiger partial charge in [-0.2, -0.15) is 0 Å². The Kier molecular flexibility index (Phi) is 6.24. The maximum atomic E-state index is 13.6. The van der Waals surface area contributed by atoms with Gasteiger partial charge in [0.1, 0.15) is 10.9 Å². The van der Waals surface area contributed by atoms with Crippen molar-refractivity contribution in [2.45, 2.75) is 46.6 Å². The summed E-state index contributed by atoms with van der Waals surface area (Å²) in [5.41, 5.74) is 5.92. The van der Waals surface area contributed by atoms with Crippen LogP contribution >= 0.6 is 11.3 Å². The number of aromatic nitrogens is 2. The van der Waals surface area contributed by atoms with E-state index in [1.807, 2.05) is 55.6 Å². The van der Waals surface area contributed by atoms with Crippen LogP contribution in [-0.4, -0.2) is 15.5 Å². The molecule has 32 heavy (non-hydrogen) atoms. The van der Waals surface area contributed by atoms with Gasteiger partial charge in [0, 0.05) is 16.6 Å². The molecule has 4 aromatic rings. The van der Waals surface area contributed by atoms with Gasteiger partial charge in [-0.1, -0.05) is 49.7 Å². The molecule has 2 heterocycles. The van der Waals surface area contributed by atoms with Crippen molar-refractivity contribution in [3.63, 3.8) is 0 Å². The lowest BCUT2D eigenvalue weighted by molar-refractivity contribution is -0.119. The summed E-state index contributed by atoms with van der Waals surface area (Å²) in [6, 6.07) is 13.3. The molecule has 0 aliphatic carbocycles. The Morgan fingerprint density at radius 3 is 2.50 bits per heavy atom. The van der Waals surface area contributed by atoms with E-state index < -0.39 is 6.04 Å². The summed E-state index contributed by atoms with van der Waals surface area (Å²) in [7, 11) is 0. The number of carbonyl (C=O) groups excluding carboxylic acids is 1. The zero-order valence-corrected chi connectivity index (χ0v) is 19.6. The summed E-state index contributed by atoms with van der Waals surface area (Å²) in [5.74, 6) is -0.219. The van der Waals surface area contributed by atoms with Gasteiger partial charge in [0.2, 0.25) is 5.91 Å². The van der Waals surface area contributed by atoms with Crippen LogP contribution in [0.5, 0.6) is 0 Å². The molecule has 0 spiro atoms. The van der Waals surface area contributed by atoms with Crippen LogP contribution in [-0.2, 0) is 11.2 Å². The Labute approximate surface area is 191 Å². The first kappa shape index (κ1) is 22.0. The molecule has 0 aliphatic rings. The lowest BCUT2D eigenvalue weighted by Crippen LogP contribution is -2.33. The molecule has 0 bridgehead atoms. The first-order valence-electron chi connectivity index (χ1n) is 10.9. The van der Waals surface area contributed by atoms with Crippen LogP contribution in [0.2, 0.25) is 0 Å². The maximum Gasteiger partial charge on any atom is 0.263 e. The van der Waals surface area contributed by atoms with Crippen LogP contribution in [0.15, 0.2) is 59.0 Å². The Balaban J connectivity index is 1.73. The van der Waals surface area contributed by atoms with Crippen LogP contribution in [0.1, 0.15) is 43.0 Å². The highest BCUT2D eigenvalue weighted by Gasteiger charge is 2.23. The number of thiophene rings is 1. The van der Waals surface area contributed by atoms with Crippen LogP contribution in [0.25, 0.3) is 21.3 Å².